The summed E-state index contributed by atoms with van der Waals surface area (Å²) in [6.07, 6.45) is -1.12. The Balaban J connectivity index is 1.64. The first-order valence-electron chi connectivity index (χ1n) is 9.46. The van der Waals surface area contributed by atoms with Gasteiger partial charge in [-0.2, -0.15) is 13.2 Å². The Bertz CT molecular complexity index is 697. The third-order valence-corrected chi connectivity index (χ3v) is 5.72. The summed E-state index contributed by atoms with van der Waals surface area (Å²) in [4.78, 5) is 28.4. The molecule has 2 heterocycles. The third-order valence-electron chi connectivity index (χ3n) is 5.72. The monoisotopic (exact) mass is 382 g/mol. The van der Waals surface area contributed by atoms with Crippen LogP contribution in [0.2, 0.25) is 0 Å². The smallest absolute Gasteiger partial charge is 0.343 e. The van der Waals surface area contributed by atoms with Crippen molar-refractivity contribution in [3.05, 3.63) is 35.4 Å². The first-order valence-corrected chi connectivity index (χ1v) is 9.46. The maximum Gasteiger partial charge on any atom is 0.416 e. The molecule has 1 aromatic rings. The Morgan fingerprint density at radius 2 is 1.78 bits per heavy atom. The van der Waals surface area contributed by atoms with Crippen LogP contribution in [0.15, 0.2) is 24.3 Å². The Labute approximate surface area is 157 Å². The highest BCUT2D eigenvalue weighted by Gasteiger charge is 2.34. The number of likely N-dealkylation sites (tertiary alicyclic amines) is 2. The van der Waals surface area contributed by atoms with Crippen molar-refractivity contribution in [2.45, 2.75) is 44.8 Å². The first-order chi connectivity index (χ1) is 12.8. The minimum atomic E-state index is -4.44. The van der Waals surface area contributed by atoms with Gasteiger partial charge in [0.05, 0.1) is 5.56 Å². The summed E-state index contributed by atoms with van der Waals surface area (Å²) < 4.78 is 38.8. The fourth-order valence-electron chi connectivity index (χ4n) is 4.18. The molecule has 0 aromatic heterocycles. The van der Waals surface area contributed by atoms with Gasteiger partial charge in [-0.05, 0) is 44.4 Å². The van der Waals surface area contributed by atoms with Crippen molar-refractivity contribution in [1.29, 1.82) is 0 Å². The molecule has 2 saturated heterocycles. The summed E-state index contributed by atoms with van der Waals surface area (Å²) in [6.45, 7) is 4.51. The van der Waals surface area contributed by atoms with Gasteiger partial charge in [0.25, 0.3) is 0 Å². The van der Waals surface area contributed by atoms with E-state index in [-0.39, 0.29) is 23.2 Å². The number of halogens is 3. The quantitative estimate of drug-likeness (QED) is 0.750. The molecule has 2 aliphatic rings. The van der Waals surface area contributed by atoms with E-state index in [4.69, 9.17) is 0 Å². The van der Waals surface area contributed by atoms with Crippen molar-refractivity contribution in [1.82, 2.24) is 9.80 Å². The first kappa shape index (κ1) is 19.9. The summed E-state index contributed by atoms with van der Waals surface area (Å²) in [5.74, 6) is -0.385. The zero-order chi connectivity index (χ0) is 19.6. The van der Waals surface area contributed by atoms with E-state index in [1.165, 1.54) is 12.1 Å². The second-order valence-corrected chi connectivity index (χ2v) is 7.51. The van der Waals surface area contributed by atoms with E-state index in [1.54, 1.807) is 6.92 Å². The lowest BCUT2D eigenvalue weighted by molar-refractivity contribution is -0.137. The number of hydrogen-bond acceptors (Lipinski definition) is 3. The second kappa shape index (κ2) is 8.00. The predicted octanol–water partition coefficient (Wildman–Crippen LogP) is 3.61. The van der Waals surface area contributed by atoms with Crippen LogP contribution in [-0.2, 0) is 11.0 Å². The molecule has 4 nitrogen and oxygen atoms in total. The molecule has 7 heteroatoms. The Morgan fingerprint density at radius 1 is 1.07 bits per heavy atom. The van der Waals surface area contributed by atoms with Gasteiger partial charge in [0.1, 0.15) is 0 Å². The number of Topliss-reactive ketones (excluding diaryl/α,β-unsaturated/α-hetero) is 1. The van der Waals surface area contributed by atoms with Gasteiger partial charge in [0, 0.05) is 44.1 Å². The number of hydrogen-bond donors (Lipinski definition) is 0. The van der Waals surface area contributed by atoms with Crippen LogP contribution in [0.25, 0.3) is 0 Å². The molecule has 0 spiro atoms. The molecule has 1 amide bonds. The average Bonchev–Trinajstić information content (AvgIpc) is 2.67. The van der Waals surface area contributed by atoms with E-state index in [2.05, 4.69) is 4.90 Å². The molecular formula is C20H25F3N2O2. The molecule has 3 rings (SSSR count). The minimum Gasteiger partial charge on any atom is -0.343 e. The molecule has 0 bridgehead atoms. The van der Waals surface area contributed by atoms with E-state index < -0.39 is 11.7 Å². The Hall–Kier alpha value is -1.89. The molecular weight excluding hydrogens is 357 g/mol. The second-order valence-electron chi connectivity index (χ2n) is 7.51. The zero-order valence-electron chi connectivity index (χ0n) is 15.5. The fourth-order valence-corrected chi connectivity index (χ4v) is 4.18. The lowest BCUT2D eigenvalue weighted by Crippen LogP contribution is -2.50. The number of nitrogens with zero attached hydrogens (tertiary/aromatic N) is 2. The standard InChI is InChI=1S/C20H25F3N2O2/c1-14(26)24-10-7-18(8-11-24)25-9-3-5-16(13-25)19(27)15-4-2-6-17(12-15)20(21,22)23/h2,4,6,12,16,18H,3,5,7-11,13H2,1H3/t16-/m0/s1. The highest BCUT2D eigenvalue weighted by atomic mass is 19.4. The van der Waals surface area contributed by atoms with Gasteiger partial charge >= 0.3 is 6.18 Å². The SMILES string of the molecule is CC(=O)N1CCC(N2CCC[C@H](C(=O)c3cccc(C(F)(F)F)c3)C2)CC1. The number of alkyl halides is 3. The largest absolute Gasteiger partial charge is 0.416 e. The van der Waals surface area contributed by atoms with E-state index in [0.717, 1.165) is 51.0 Å². The van der Waals surface area contributed by atoms with Crippen molar-refractivity contribution >= 4 is 11.7 Å². The third kappa shape index (κ3) is 4.69. The molecule has 2 aliphatic heterocycles. The van der Waals surface area contributed by atoms with E-state index in [9.17, 15) is 22.8 Å². The number of carbonyl (C=O) groups excluding carboxylic acids is 2. The normalized spacial score (nSPS) is 22.7. The van der Waals surface area contributed by atoms with E-state index in [1.807, 2.05) is 4.90 Å². The molecule has 1 aromatic carbocycles. The van der Waals surface area contributed by atoms with Gasteiger partial charge in [-0.3, -0.25) is 14.5 Å². The molecule has 0 radical (unpaired) electrons. The lowest BCUT2D eigenvalue weighted by atomic mass is 9.88. The van der Waals surface area contributed by atoms with Crippen LogP contribution < -0.4 is 0 Å². The zero-order valence-corrected chi connectivity index (χ0v) is 15.5. The Morgan fingerprint density at radius 3 is 2.41 bits per heavy atom. The van der Waals surface area contributed by atoms with Gasteiger partial charge < -0.3 is 4.90 Å². The van der Waals surface area contributed by atoms with Gasteiger partial charge in [-0.25, -0.2) is 0 Å². The summed E-state index contributed by atoms with van der Waals surface area (Å²) >= 11 is 0. The highest BCUT2D eigenvalue weighted by molar-refractivity contribution is 5.98. The van der Waals surface area contributed by atoms with Crippen LogP contribution in [0.5, 0.6) is 0 Å². The van der Waals surface area contributed by atoms with Crippen molar-refractivity contribution in [2.75, 3.05) is 26.2 Å². The van der Waals surface area contributed by atoms with E-state index >= 15 is 0 Å². The number of rotatable bonds is 3. The van der Waals surface area contributed by atoms with Crippen LogP contribution in [-0.4, -0.2) is 53.7 Å². The Kier molecular flexibility index (Phi) is 5.89. The van der Waals surface area contributed by atoms with Crippen LogP contribution in [0, 0.1) is 5.92 Å². The molecule has 148 valence electrons. The van der Waals surface area contributed by atoms with Gasteiger partial charge in [-0.1, -0.05) is 12.1 Å². The number of carbonyl (C=O) groups is 2. The molecule has 0 N–H and O–H groups in total. The van der Waals surface area contributed by atoms with Gasteiger partial charge in [-0.15, -0.1) is 0 Å². The molecule has 0 unspecified atom stereocenters. The van der Waals surface area contributed by atoms with Crippen LogP contribution >= 0.6 is 0 Å². The van der Waals surface area contributed by atoms with Crippen molar-refractivity contribution in [3.8, 4) is 0 Å². The molecule has 2 fully saturated rings. The van der Waals surface area contributed by atoms with E-state index in [0.29, 0.717) is 19.0 Å². The molecule has 1 atom stereocenters. The summed E-state index contributed by atoms with van der Waals surface area (Å²) in [5.41, 5.74) is -0.638. The topological polar surface area (TPSA) is 40.6 Å². The fraction of sp³-hybridized carbons (Fsp3) is 0.600. The maximum absolute atomic E-state index is 12.9. The molecule has 0 aliphatic carbocycles. The maximum atomic E-state index is 12.9. The lowest BCUT2D eigenvalue weighted by Gasteiger charge is -2.42. The molecule has 0 saturated carbocycles. The van der Waals surface area contributed by atoms with Gasteiger partial charge in [0.15, 0.2) is 5.78 Å². The summed E-state index contributed by atoms with van der Waals surface area (Å²) in [5, 5.41) is 0. The molecule has 27 heavy (non-hydrogen) atoms. The van der Waals surface area contributed by atoms with Crippen molar-refractivity contribution < 1.29 is 22.8 Å². The van der Waals surface area contributed by atoms with Gasteiger partial charge in [0.2, 0.25) is 5.91 Å². The summed E-state index contributed by atoms with van der Waals surface area (Å²) in [7, 11) is 0. The van der Waals surface area contributed by atoms with Crippen LogP contribution in [0.3, 0.4) is 0 Å². The highest BCUT2D eigenvalue weighted by Crippen LogP contribution is 2.31. The van der Waals surface area contributed by atoms with Crippen LogP contribution in [0.4, 0.5) is 13.2 Å². The number of amides is 1. The van der Waals surface area contributed by atoms with Crippen molar-refractivity contribution in [2.24, 2.45) is 5.92 Å². The predicted molar refractivity (Wildman–Crippen MR) is 95.3 cm³/mol. The van der Waals surface area contributed by atoms with Crippen molar-refractivity contribution in [3.63, 3.8) is 0 Å². The van der Waals surface area contributed by atoms with Crippen LogP contribution in [0.1, 0.15) is 48.5 Å². The number of piperidine rings is 2. The average molecular weight is 382 g/mol. The summed E-state index contributed by atoms with van der Waals surface area (Å²) in [6, 6.07) is 5.06. The minimum absolute atomic E-state index is 0.0877. The number of benzene rings is 1. The number of ketones is 1.